The lowest BCUT2D eigenvalue weighted by molar-refractivity contribution is -0.117. The summed E-state index contributed by atoms with van der Waals surface area (Å²) in [5, 5.41) is 5.56. The molecule has 2 aromatic rings. The quantitative estimate of drug-likeness (QED) is 0.708. The number of anilines is 2. The number of nitrogens with zero attached hydrogens (tertiary/aromatic N) is 2. The molecule has 0 radical (unpaired) electrons. The highest BCUT2D eigenvalue weighted by Crippen LogP contribution is 2.18. The number of nitrogens with one attached hydrogen (secondary N) is 2. The van der Waals surface area contributed by atoms with E-state index >= 15 is 0 Å². The van der Waals surface area contributed by atoms with E-state index in [1.54, 1.807) is 0 Å². The molecule has 0 bridgehead atoms. The Morgan fingerprint density at radius 1 is 0.903 bits per heavy atom. The summed E-state index contributed by atoms with van der Waals surface area (Å²) < 4.78 is 26.2. The van der Waals surface area contributed by atoms with Gasteiger partial charge >= 0.3 is 0 Å². The van der Waals surface area contributed by atoms with E-state index in [0.717, 1.165) is 55.1 Å². The molecule has 166 valence electrons. The second kappa shape index (κ2) is 10.5. The highest BCUT2D eigenvalue weighted by Gasteiger charge is 2.20. The van der Waals surface area contributed by atoms with Gasteiger partial charge in [0, 0.05) is 56.6 Å². The maximum absolute atomic E-state index is 13.2. The summed E-state index contributed by atoms with van der Waals surface area (Å²) in [4.78, 5) is 28.7. The van der Waals surface area contributed by atoms with Crippen LogP contribution in [0, 0.1) is 25.5 Å². The summed E-state index contributed by atoms with van der Waals surface area (Å²) in [5.74, 6) is -2.22. The number of benzene rings is 2. The fraction of sp³-hybridized carbons (Fsp3) is 0.391. The van der Waals surface area contributed by atoms with Crippen LogP contribution in [-0.4, -0.2) is 60.9 Å². The minimum atomic E-state index is -0.990. The molecule has 0 atom stereocenters. The van der Waals surface area contributed by atoms with E-state index in [1.807, 2.05) is 32.0 Å². The van der Waals surface area contributed by atoms with Crippen LogP contribution < -0.4 is 10.6 Å². The van der Waals surface area contributed by atoms with Gasteiger partial charge < -0.3 is 15.5 Å². The first-order valence-electron chi connectivity index (χ1n) is 10.4. The number of carbonyl (C=O) groups is 2. The summed E-state index contributed by atoms with van der Waals surface area (Å²) in [5.41, 5.74) is 3.29. The maximum Gasteiger partial charge on any atom is 0.238 e. The maximum atomic E-state index is 13.2. The summed E-state index contributed by atoms with van der Waals surface area (Å²) >= 11 is 0. The zero-order valence-corrected chi connectivity index (χ0v) is 17.9. The highest BCUT2D eigenvalue weighted by atomic mass is 19.2. The Morgan fingerprint density at radius 3 is 2.32 bits per heavy atom. The van der Waals surface area contributed by atoms with Crippen LogP contribution in [-0.2, 0) is 9.59 Å². The molecule has 1 heterocycles. The third-order valence-corrected chi connectivity index (χ3v) is 5.57. The van der Waals surface area contributed by atoms with Crippen molar-refractivity contribution in [3.63, 3.8) is 0 Å². The van der Waals surface area contributed by atoms with Gasteiger partial charge in [-0.25, -0.2) is 8.78 Å². The molecule has 0 saturated carbocycles. The van der Waals surface area contributed by atoms with Gasteiger partial charge in [-0.2, -0.15) is 0 Å². The molecule has 0 aromatic heterocycles. The number of amides is 2. The van der Waals surface area contributed by atoms with Crippen molar-refractivity contribution in [1.29, 1.82) is 0 Å². The van der Waals surface area contributed by atoms with Gasteiger partial charge in [0.2, 0.25) is 11.8 Å². The minimum absolute atomic E-state index is 0.0342. The lowest BCUT2D eigenvalue weighted by atomic mass is 10.1. The third kappa shape index (κ3) is 6.57. The van der Waals surface area contributed by atoms with Crippen LogP contribution >= 0.6 is 0 Å². The normalized spacial score (nSPS) is 15.0. The Morgan fingerprint density at radius 2 is 1.61 bits per heavy atom. The number of rotatable bonds is 7. The topological polar surface area (TPSA) is 64.7 Å². The summed E-state index contributed by atoms with van der Waals surface area (Å²) in [6.45, 7) is 7.91. The molecule has 1 aliphatic heterocycles. The highest BCUT2D eigenvalue weighted by molar-refractivity contribution is 5.93. The first-order chi connectivity index (χ1) is 14.8. The zero-order chi connectivity index (χ0) is 22.4. The summed E-state index contributed by atoms with van der Waals surface area (Å²) in [6.07, 6.45) is 0.256. The monoisotopic (exact) mass is 430 g/mol. The van der Waals surface area contributed by atoms with Crippen molar-refractivity contribution in [2.45, 2.75) is 20.3 Å². The average molecular weight is 430 g/mol. The van der Waals surface area contributed by atoms with Crippen molar-refractivity contribution in [1.82, 2.24) is 9.80 Å². The van der Waals surface area contributed by atoms with Crippen LogP contribution in [0.4, 0.5) is 20.2 Å². The fourth-order valence-electron chi connectivity index (χ4n) is 3.51. The third-order valence-electron chi connectivity index (χ3n) is 5.57. The van der Waals surface area contributed by atoms with Crippen LogP contribution in [0.25, 0.3) is 0 Å². The predicted octanol–water partition coefficient (Wildman–Crippen LogP) is 3.17. The van der Waals surface area contributed by atoms with E-state index in [2.05, 4.69) is 20.4 Å². The molecule has 3 rings (SSSR count). The van der Waals surface area contributed by atoms with Gasteiger partial charge in [0.05, 0.1) is 6.54 Å². The molecular weight excluding hydrogens is 402 g/mol. The number of hydrogen-bond donors (Lipinski definition) is 2. The van der Waals surface area contributed by atoms with Crippen LogP contribution in [0.15, 0.2) is 36.4 Å². The van der Waals surface area contributed by atoms with Crippen molar-refractivity contribution >= 4 is 23.2 Å². The molecule has 0 aliphatic carbocycles. The first-order valence-corrected chi connectivity index (χ1v) is 10.4. The van der Waals surface area contributed by atoms with Crippen LogP contribution in [0.3, 0.4) is 0 Å². The molecule has 6 nitrogen and oxygen atoms in total. The number of carbonyl (C=O) groups excluding carboxylic acids is 2. The van der Waals surface area contributed by atoms with E-state index in [1.165, 1.54) is 6.07 Å². The van der Waals surface area contributed by atoms with Crippen LogP contribution in [0.1, 0.15) is 17.5 Å². The second-order valence-corrected chi connectivity index (χ2v) is 7.84. The standard InChI is InChI=1S/C23H28F2N4O2/c1-16-4-3-5-21(17(16)2)27-23(31)15-29-12-10-28(11-13-29)9-8-22(30)26-18-6-7-19(24)20(25)14-18/h3-7,14H,8-13,15H2,1-2H3,(H,26,30)(H,27,31). The fourth-order valence-corrected chi connectivity index (χ4v) is 3.51. The first kappa shape index (κ1) is 22.8. The Hall–Kier alpha value is -2.84. The Bertz CT molecular complexity index is 943. The molecule has 0 spiro atoms. The number of aryl methyl sites for hydroxylation is 1. The number of piperazine rings is 1. The Labute approximate surface area is 181 Å². The molecule has 2 N–H and O–H groups in total. The van der Waals surface area contributed by atoms with Gasteiger partial charge in [-0.3, -0.25) is 14.5 Å². The van der Waals surface area contributed by atoms with Gasteiger partial charge in [0.1, 0.15) is 0 Å². The van der Waals surface area contributed by atoms with Crippen LogP contribution in [0.2, 0.25) is 0 Å². The van der Waals surface area contributed by atoms with Gasteiger partial charge in [0.15, 0.2) is 11.6 Å². The van der Waals surface area contributed by atoms with E-state index < -0.39 is 11.6 Å². The van der Waals surface area contributed by atoms with Crippen LogP contribution in [0.5, 0.6) is 0 Å². The van der Waals surface area contributed by atoms with E-state index in [-0.39, 0.29) is 23.9 Å². The molecule has 2 amide bonds. The average Bonchev–Trinajstić information content (AvgIpc) is 2.73. The predicted molar refractivity (Wildman–Crippen MR) is 117 cm³/mol. The summed E-state index contributed by atoms with van der Waals surface area (Å²) in [7, 11) is 0. The smallest absolute Gasteiger partial charge is 0.238 e. The van der Waals surface area contributed by atoms with Crippen molar-refractivity contribution in [2.75, 3.05) is 49.9 Å². The van der Waals surface area contributed by atoms with E-state index in [9.17, 15) is 18.4 Å². The largest absolute Gasteiger partial charge is 0.326 e. The molecule has 1 fully saturated rings. The number of halogens is 2. The van der Waals surface area contributed by atoms with Crippen molar-refractivity contribution in [3.8, 4) is 0 Å². The second-order valence-electron chi connectivity index (χ2n) is 7.84. The molecular formula is C23H28F2N4O2. The molecule has 1 saturated heterocycles. The zero-order valence-electron chi connectivity index (χ0n) is 17.9. The lowest BCUT2D eigenvalue weighted by Crippen LogP contribution is -2.49. The van der Waals surface area contributed by atoms with E-state index in [4.69, 9.17) is 0 Å². The SMILES string of the molecule is Cc1cccc(NC(=O)CN2CCN(CCC(=O)Nc3ccc(F)c(F)c3)CC2)c1C. The lowest BCUT2D eigenvalue weighted by Gasteiger charge is -2.34. The summed E-state index contributed by atoms with van der Waals surface area (Å²) in [6, 6.07) is 9.14. The van der Waals surface area contributed by atoms with E-state index in [0.29, 0.717) is 13.1 Å². The molecule has 31 heavy (non-hydrogen) atoms. The molecule has 2 aromatic carbocycles. The van der Waals surface area contributed by atoms with Gasteiger partial charge in [-0.1, -0.05) is 12.1 Å². The van der Waals surface area contributed by atoms with Crippen molar-refractivity contribution in [2.24, 2.45) is 0 Å². The molecule has 1 aliphatic rings. The number of hydrogen-bond acceptors (Lipinski definition) is 4. The van der Waals surface area contributed by atoms with Gasteiger partial charge in [0.25, 0.3) is 0 Å². The van der Waals surface area contributed by atoms with Crippen molar-refractivity contribution < 1.29 is 18.4 Å². The van der Waals surface area contributed by atoms with Crippen molar-refractivity contribution in [3.05, 3.63) is 59.2 Å². The Balaban J connectivity index is 1.37. The van der Waals surface area contributed by atoms with Gasteiger partial charge in [-0.15, -0.1) is 0 Å². The molecule has 0 unspecified atom stereocenters. The van der Waals surface area contributed by atoms with Gasteiger partial charge in [-0.05, 0) is 43.2 Å². The minimum Gasteiger partial charge on any atom is -0.326 e. The molecule has 8 heteroatoms. The Kier molecular flexibility index (Phi) is 7.70.